The highest BCUT2D eigenvalue weighted by Crippen LogP contribution is 2.32. The molecule has 0 unspecified atom stereocenters. The molecule has 0 aliphatic carbocycles. The van der Waals surface area contributed by atoms with Crippen molar-refractivity contribution in [3.8, 4) is 0 Å². The summed E-state index contributed by atoms with van der Waals surface area (Å²) < 4.78 is 1.32. The Balaban J connectivity index is 2.55. The van der Waals surface area contributed by atoms with Crippen LogP contribution < -0.4 is 0 Å². The normalized spacial score (nSPS) is 11.3. The van der Waals surface area contributed by atoms with E-state index in [0.29, 0.717) is 0 Å². The fourth-order valence-electron chi connectivity index (χ4n) is 1.25. The van der Waals surface area contributed by atoms with Crippen LogP contribution in [-0.4, -0.2) is 4.98 Å². The number of nitrogens with zero attached hydrogens (tertiary/aromatic N) is 1. The Morgan fingerprint density at radius 1 is 1.08 bits per heavy atom. The zero-order valence-electron chi connectivity index (χ0n) is 6.15. The van der Waals surface area contributed by atoms with E-state index >= 15 is 0 Å². The van der Waals surface area contributed by atoms with E-state index in [-0.39, 0.29) is 0 Å². The van der Waals surface area contributed by atoms with E-state index in [0.717, 1.165) is 5.52 Å². The van der Waals surface area contributed by atoms with E-state index in [1.165, 1.54) is 14.9 Å². The lowest BCUT2D eigenvalue weighted by Crippen LogP contribution is -1.78. The number of para-hydroxylation sites is 1. The van der Waals surface area contributed by atoms with Gasteiger partial charge in [-0.1, -0.05) is 38.9 Å². The number of pyridine rings is 1. The molecule has 3 aromatic rings. The quantitative estimate of drug-likeness (QED) is 0.495. The Morgan fingerprint density at radius 2 is 2.00 bits per heavy atom. The molecule has 0 N–H and O–H groups in total. The molecular weight excluding hydrogens is 186 g/mol. The highest BCUT2D eigenvalue weighted by atomic mass is 32.9. The molecular formula is C9H5NS2. The van der Waals surface area contributed by atoms with Crippen LogP contribution in [0.15, 0.2) is 30.3 Å². The van der Waals surface area contributed by atoms with Crippen LogP contribution in [0.2, 0.25) is 0 Å². The van der Waals surface area contributed by atoms with Crippen molar-refractivity contribution in [2.24, 2.45) is 0 Å². The van der Waals surface area contributed by atoms with Gasteiger partial charge in [-0.25, -0.2) is 4.98 Å². The average Bonchev–Trinajstić information content (AvgIpc) is 2.09. The molecule has 3 heteroatoms. The SMILES string of the molecule is c1ccc2nc3ssc3cc2c1. The molecule has 58 valence electrons. The average molecular weight is 191 g/mol. The summed E-state index contributed by atoms with van der Waals surface area (Å²) in [7, 11) is 3.55. The number of hydrogen-bond donors (Lipinski definition) is 0. The van der Waals surface area contributed by atoms with E-state index in [9.17, 15) is 0 Å². The molecule has 0 bridgehead atoms. The smallest absolute Gasteiger partial charge is 0.144 e. The predicted molar refractivity (Wildman–Crippen MR) is 55.0 cm³/mol. The Hall–Kier alpha value is -0.930. The van der Waals surface area contributed by atoms with Crippen molar-refractivity contribution >= 4 is 41.1 Å². The van der Waals surface area contributed by atoms with E-state index < -0.39 is 0 Å². The third-order valence-electron chi connectivity index (χ3n) is 1.87. The largest absolute Gasteiger partial charge is 0.235 e. The van der Waals surface area contributed by atoms with Crippen molar-refractivity contribution in [1.29, 1.82) is 0 Å². The number of rotatable bonds is 0. The van der Waals surface area contributed by atoms with Crippen LogP contribution in [0.4, 0.5) is 0 Å². The molecule has 0 saturated heterocycles. The number of hydrogen-bond acceptors (Lipinski definition) is 3. The second-order valence-electron chi connectivity index (χ2n) is 2.65. The number of benzene rings is 1. The van der Waals surface area contributed by atoms with E-state index in [2.05, 4.69) is 23.2 Å². The van der Waals surface area contributed by atoms with Crippen LogP contribution >= 0.6 is 20.7 Å². The van der Waals surface area contributed by atoms with Crippen molar-refractivity contribution in [1.82, 2.24) is 4.98 Å². The highest BCUT2D eigenvalue weighted by Gasteiger charge is 2.02. The number of fused-ring (bicyclic) bond motifs is 2. The van der Waals surface area contributed by atoms with Crippen molar-refractivity contribution < 1.29 is 0 Å². The monoisotopic (exact) mass is 191 g/mol. The van der Waals surface area contributed by atoms with Gasteiger partial charge in [-0.15, -0.1) is 0 Å². The van der Waals surface area contributed by atoms with Gasteiger partial charge in [0, 0.05) is 5.39 Å². The maximum Gasteiger partial charge on any atom is 0.144 e. The highest BCUT2D eigenvalue weighted by molar-refractivity contribution is 7.78. The third-order valence-corrected chi connectivity index (χ3v) is 4.30. The molecule has 0 atom stereocenters. The molecule has 1 aromatic carbocycles. The fraction of sp³-hybridized carbons (Fsp3) is 0. The molecule has 3 rings (SSSR count). The van der Waals surface area contributed by atoms with Crippen LogP contribution in [0.5, 0.6) is 0 Å². The molecule has 0 fully saturated rings. The predicted octanol–water partition coefficient (Wildman–Crippen LogP) is 3.51. The Kier molecular flexibility index (Phi) is 1.25. The van der Waals surface area contributed by atoms with Gasteiger partial charge in [0.15, 0.2) is 0 Å². The van der Waals surface area contributed by atoms with Gasteiger partial charge < -0.3 is 0 Å². The minimum absolute atomic E-state index is 1.10. The van der Waals surface area contributed by atoms with Gasteiger partial charge >= 0.3 is 0 Å². The molecule has 12 heavy (non-hydrogen) atoms. The lowest BCUT2D eigenvalue weighted by Gasteiger charge is -2.00. The van der Waals surface area contributed by atoms with E-state index in [1.54, 1.807) is 20.7 Å². The van der Waals surface area contributed by atoms with Gasteiger partial charge in [0.25, 0.3) is 0 Å². The van der Waals surface area contributed by atoms with Crippen LogP contribution in [-0.2, 0) is 0 Å². The van der Waals surface area contributed by atoms with E-state index in [4.69, 9.17) is 0 Å². The van der Waals surface area contributed by atoms with E-state index in [1.807, 2.05) is 12.1 Å². The zero-order chi connectivity index (χ0) is 7.97. The maximum atomic E-state index is 4.50. The van der Waals surface area contributed by atoms with Crippen molar-refractivity contribution in [2.45, 2.75) is 0 Å². The second-order valence-corrected chi connectivity index (χ2v) is 4.81. The van der Waals surface area contributed by atoms with Crippen molar-refractivity contribution in [3.63, 3.8) is 0 Å². The van der Waals surface area contributed by atoms with Gasteiger partial charge in [-0.3, -0.25) is 0 Å². The first-order valence-electron chi connectivity index (χ1n) is 3.68. The minimum Gasteiger partial charge on any atom is -0.235 e. The summed E-state index contributed by atoms with van der Waals surface area (Å²) in [5.74, 6) is 0. The Labute approximate surface area is 76.7 Å². The number of aromatic nitrogens is 1. The third kappa shape index (κ3) is 0.806. The first kappa shape index (κ1) is 6.57. The topological polar surface area (TPSA) is 12.9 Å². The molecule has 2 aromatic heterocycles. The summed E-state index contributed by atoms with van der Waals surface area (Å²) in [4.78, 5) is 5.68. The van der Waals surface area contributed by atoms with Gasteiger partial charge in [0.1, 0.15) is 4.83 Å². The van der Waals surface area contributed by atoms with Crippen LogP contribution in [0.1, 0.15) is 0 Å². The van der Waals surface area contributed by atoms with Crippen LogP contribution in [0, 0.1) is 0 Å². The molecule has 0 aliphatic rings. The first-order valence-corrected chi connectivity index (χ1v) is 5.83. The van der Waals surface area contributed by atoms with Crippen molar-refractivity contribution in [2.75, 3.05) is 0 Å². The summed E-state index contributed by atoms with van der Waals surface area (Å²) in [6.07, 6.45) is 0. The maximum absolute atomic E-state index is 4.50. The molecule has 0 aliphatic heterocycles. The Morgan fingerprint density at radius 3 is 2.83 bits per heavy atom. The summed E-state index contributed by atoms with van der Waals surface area (Å²) in [5, 5.41) is 1.24. The molecule has 0 amide bonds. The molecule has 2 heterocycles. The van der Waals surface area contributed by atoms with Gasteiger partial charge in [-0.05, 0) is 12.1 Å². The molecule has 0 saturated carbocycles. The second kappa shape index (κ2) is 2.28. The van der Waals surface area contributed by atoms with Crippen LogP contribution in [0.3, 0.4) is 0 Å². The summed E-state index contributed by atoms with van der Waals surface area (Å²) in [6.45, 7) is 0. The van der Waals surface area contributed by atoms with Gasteiger partial charge in [-0.2, -0.15) is 0 Å². The summed E-state index contributed by atoms with van der Waals surface area (Å²) in [6, 6.07) is 10.4. The molecule has 0 radical (unpaired) electrons. The molecule has 1 nitrogen and oxygen atoms in total. The standard InChI is InChI=1S/C9H5NS2/c1-2-4-7-6(3-1)5-8-9(10-7)12-11-8/h1-5H. The Bertz CT molecular complexity index is 486. The van der Waals surface area contributed by atoms with Gasteiger partial charge in [0.05, 0.1) is 10.2 Å². The van der Waals surface area contributed by atoms with Gasteiger partial charge in [0.2, 0.25) is 0 Å². The first-order chi connectivity index (χ1) is 5.93. The molecule has 0 spiro atoms. The fourth-order valence-corrected chi connectivity index (χ4v) is 2.94. The minimum atomic E-state index is 1.10. The summed E-state index contributed by atoms with van der Waals surface area (Å²) >= 11 is 0. The van der Waals surface area contributed by atoms with Crippen molar-refractivity contribution in [3.05, 3.63) is 30.3 Å². The summed E-state index contributed by atoms with van der Waals surface area (Å²) in [5.41, 5.74) is 1.10. The lowest BCUT2D eigenvalue weighted by atomic mass is 10.2. The zero-order valence-corrected chi connectivity index (χ0v) is 7.78. The lowest BCUT2D eigenvalue weighted by molar-refractivity contribution is 1.54. The van der Waals surface area contributed by atoms with Crippen LogP contribution in [0.25, 0.3) is 20.4 Å².